The van der Waals surface area contributed by atoms with Crippen LogP contribution in [-0.4, -0.2) is 37.6 Å². The molecule has 0 saturated heterocycles. The summed E-state index contributed by atoms with van der Waals surface area (Å²) in [6.07, 6.45) is 6.58. The summed E-state index contributed by atoms with van der Waals surface area (Å²) in [6.45, 7) is 0.749. The van der Waals surface area contributed by atoms with Crippen molar-refractivity contribution in [3.63, 3.8) is 0 Å². The lowest BCUT2D eigenvalue weighted by atomic mass is 10.2. The highest BCUT2D eigenvalue weighted by Crippen LogP contribution is 2.31. The van der Waals surface area contributed by atoms with Gasteiger partial charge in [-0.1, -0.05) is 6.42 Å². The summed E-state index contributed by atoms with van der Waals surface area (Å²) in [4.78, 5) is 0.136. The summed E-state index contributed by atoms with van der Waals surface area (Å²) < 4.78 is 27.0. The van der Waals surface area contributed by atoms with Crippen LogP contribution in [0.3, 0.4) is 0 Å². The van der Waals surface area contributed by atoms with Gasteiger partial charge < -0.3 is 11.1 Å². The standard InChI is InChI=1S/C10H19N3O2S3/c1-16-7-5-3-4-6-12-10-8(18(2,14)15)9(11)13-17-10/h12H,3-7H2,1-2H3,(H2,11,13). The van der Waals surface area contributed by atoms with Crippen LogP contribution in [0.15, 0.2) is 4.90 Å². The minimum atomic E-state index is -3.32. The van der Waals surface area contributed by atoms with E-state index < -0.39 is 9.84 Å². The van der Waals surface area contributed by atoms with Crippen molar-refractivity contribution in [2.45, 2.75) is 24.2 Å². The zero-order valence-electron chi connectivity index (χ0n) is 10.6. The number of nitrogens with one attached hydrogen (secondary N) is 1. The molecule has 1 aromatic rings. The van der Waals surface area contributed by atoms with Crippen molar-refractivity contribution in [2.24, 2.45) is 0 Å². The summed E-state index contributed by atoms with van der Waals surface area (Å²) in [5.41, 5.74) is 5.57. The Bertz CT molecular complexity index is 471. The molecule has 0 fully saturated rings. The van der Waals surface area contributed by atoms with Gasteiger partial charge in [0, 0.05) is 12.8 Å². The average molecular weight is 309 g/mol. The van der Waals surface area contributed by atoms with Gasteiger partial charge in [0.15, 0.2) is 15.7 Å². The van der Waals surface area contributed by atoms with Gasteiger partial charge in [-0.05, 0) is 36.4 Å². The first-order chi connectivity index (χ1) is 8.46. The molecule has 8 heteroatoms. The number of sulfone groups is 1. The quantitative estimate of drug-likeness (QED) is 0.715. The lowest BCUT2D eigenvalue weighted by Gasteiger charge is -2.05. The van der Waals surface area contributed by atoms with Crippen LogP contribution < -0.4 is 11.1 Å². The van der Waals surface area contributed by atoms with Crippen molar-refractivity contribution in [3.05, 3.63) is 0 Å². The molecule has 1 aromatic heterocycles. The first-order valence-electron chi connectivity index (χ1n) is 5.65. The van der Waals surface area contributed by atoms with Crippen LogP contribution in [-0.2, 0) is 9.84 Å². The number of thioether (sulfide) groups is 1. The molecule has 3 N–H and O–H groups in total. The minimum absolute atomic E-state index is 0.0902. The van der Waals surface area contributed by atoms with E-state index in [1.165, 1.54) is 12.2 Å². The van der Waals surface area contributed by atoms with E-state index in [0.29, 0.717) is 5.00 Å². The van der Waals surface area contributed by atoms with E-state index in [2.05, 4.69) is 15.9 Å². The Hall–Kier alpha value is -0.470. The highest BCUT2D eigenvalue weighted by atomic mass is 32.2. The average Bonchev–Trinajstić information content (AvgIpc) is 2.64. The molecule has 0 atom stereocenters. The van der Waals surface area contributed by atoms with E-state index in [0.717, 1.165) is 37.2 Å². The number of unbranched alkanes of at least 4 members (excludes halogenated alkanes) is 2. The zero-order chi connectivity index (χ0) is 13.6. The predicted molar refractivity (Wildman–Crippen MR) is 80.4 cm³/mol. The van der Waals surface area contributed by atoms with Gasteiger partial charge in [0.05, 0.1) is 0 Å². The highest BCUT2D eigenvalue weighted by molar-refractivity contribution is 7.98. The molecule has 0 radical (unpaired) electrons. The molecule has 104 valence electrons. The molecular formula is C10H19N3O2S3. The molecule has 0 aliphatic rings. The van der Waals surface area contributed by atoms with Crippen molar-refractivity contribution in [2.75, 3.05) is 35.9 Å². The maximum absolute atomic E-state index is 11.6. The van der Waals surface area contributed by atoms with E-state index in [9.17, 15) is 8.42 Å². The molecule has 0 amide bonds. The highest BCUT2D eigenvalue weighted by Gasteiger charge is 2.20. The number of hydrogen-bond acceptors (Lipinski definition) is 7. The molecule has 5 nitrogen and oxygen atoms in total. The topological polar surface area (TPSA) is 85.1 Å². The Balaban J connectivity index is 2.49. The Morgan fingerprint density at radius 3 is 2.72 bits per heavy atom. The van der Waals surface area contributed by atoms with Gasteiger partial charge in [0.1, 0.15) is 9.90 Å². The lowest BCUT2D eigenvalue weighted by molar-refractivity contribution is 0.602. The van der Waals surface area contributed by atoms with Gasteiger partial charge in [0.2, 0.25) is 0 Å². The van der Waals surface area contributed by atoms with Crippen molar-refractivity contribution >= 4 is 44.0 Å². The van der Waals surface area contributed by atoms with Crippen LogP contribution in [0, 0.1) is 0 Å². The number of nitrogen functional groups attached to an aromatic ring is 1. The Morgan fingerprint density at radius 1 is 1.39 bits per heavy atom. The van der Waals surface area contributed by atoms with Gasteiger partial charge in [0.25, 0.3) is 0 Å². The fraction of sp³-hybridized carbons (Fsp3) is 0.700. The monoisotopic (exact) mass is 309 g/mol. The van der Waals surface area contributed by atoms with Gasteiger partial charge in [-0.15, -0.1) is 0 Å². The number of anilines is 2. The van der Waals surface area contributed by atoms with Crippen LogP contribution in [0.5, 0.6) is 0 Å². The van der Waals surface area contributed by atoms with E-state index in [4.69, 9.17) is 5.73 Å². The molecule has 0 saturated carbocycles. The number of nitrogens with two attached hydrogens (primary N) is 1. The summed E-state index contributed by atoms with van der Waals surface area (Å²) in [6, 6.07) is 0. The van der Waals surface area contributed by atoms with Crippen molar-refractivity contribution in [1.82, 2.24) is 4.37 Å². The van der Waals surface area contributed by atoms with Crippen LogP contribution in [0.2, 0.25) is 0 Å². The first-order valence-corrected chi connectivity index (χ1v) is 9.70. The fourth-order valence-corrected chi connectivity index (χ4v) is 4.10. The Kier molecular flexibility index (Phi) is 6.24. The molecule has 0 aliphatic heterocycles. The molecule has 0 unspecified atom stereocenters. The smallest absolute Gasteiger partial charge is 0.182 e. The normalized spacial score (nSPS) is 11.7. The predicted octanol–water partition coefficient (Wildman–Crippen LogP) is 2.07. The molecular weight excluding hydrogens is 290 g/mol. The second-order valence-electron chi connectivity index (χ2n) is 3.98. The molecule has 0 bridgehead atoms. The SMILES string of the molecule is CSCCCCCNc1snc(N)c1S(C)(=O)=O. The molecule has 0 aromatic carbocycles. The van der Waals surface area contributed by atoms with E-state index >= 15 is 0 Å². The summed E-state index contributed by atoms with van der Waals surface area (Å²) in [7, 11) is -3.32. The molecule has 1 rings (SSSR count). The summed E-state index contributed by atoms with van der Waals surface area (Å²) in [5, 5.41) is 3.66. The van der Waals surface area contributed by atoms with Gasteiger partial charge in [-0.2, -0.15) is 16.1 Å². The third-order valence-corrected chi connectivity index (χ3v) is 5.16. The first kappa shape index (κ1) is 15.6. The van der Waals surface area contributed by atoms with Crippen LogP contribution in [0.4, 0.5) is 10.8 Å². The Labute approximate surface area is 117 Å². The minimum Gasteiger partial charge on any atom is -0.382 e. The largest absolute Gasteiger partial charge is 0.382 e. The van der Waals surface area contributed by atoms with Crippen molar-refractivity contribution in [1.29, 1.82) is 0 Å². The number of rotatable bonds is 8. The molecule has 0 spiro atoms. The zero-order valence-corrected chi connectivity index (χ0v) is 13.1. The molecule has 1 heterocycles. The fourth-order valence-electron chi connectivity index (χ4n) is 1.52. The molecule has 0 aliphatic carbocycles. The second-order valence-corrected chi connectivity index (χ2v) is 7.69. The van der Waals surface area contributed by atoms with Crippen LogP contribution >= 0.6 is 23.3 Å². The third kappa shape index (κ3) is 4.66. The van der Waals surface area contributed by atoms with Gasteiger partial charge >= 0.3 is 0 Å². The summed E-state index contributed by atoms with van der Waals surface area (Å²) >= 11 is 2.94. The van der Waals surface area contributed by atoms with Crippen molar-refractivity contribution in [3.8, 4) is 0 Å². The van der Waals surface area contributed by atoms with Crippen molar-refractivity contribution < 1.29 is 8.42 Å². The third-order valence-electron chi connectivity index (χ3n) is 2.36. The number of nitrogens with zero attached hydrogens (tertiary/aromatic N) is 1. The van der Waals surface area contributed by atoms with E-state index in [1.807, 2.05) is 11.8 Å². The number of hydrogen-bond donors (Lipinski definition) is 2. The number of aromatic nitrogens is 1. The summed E-state index contributed by atoms with van der Waals surface area (Å²) in [5.74, 6) is 1.26. The van der Waals surface area contributed by atoms with Gasteiger partial charge in [-0.3, -0.25) is 0 Å². The lowest BCUT2D eigenvalue weighted by Crippen LogP contribution is -2.06. The van der Waals surface area contributed by atoms with Gasteiger partial charge in [-0.25, -0.2) is 8.42 Å². The Morgan fingerprint density at radius 2 is 2.11 bits per heavy atom. The van der Waals surface area contributed by atoms with Crippen LogP contribution in [0.25, 0.3) is 0 Å². The van der Waals surface area contributed by atoms with E-state index in [-0.39, 0.29) is 10.7 Å². The van der Waals surface area contributed by atoms with Crippen LogP contribution in [0.1, 0.15) is 19.3 Å². The molecule has 18 heavy (non-hydrogen) atoms. The van der Waals surface area contributed by atoms with E-state index in [1.54, 1.807) is 0 Å². The maximum Gasteiger partial charge on any atom is 0.182 e. The second kappa shape index (κ2) is 7.20. The maximum atomic E-state index is 11.6.